The molecule has 2 aliphatic rings. The van der Waals surface area contributed by atoms with Crippen LogP contribution in [0.5, 0.6) is 0 Å². The van der Waals surface area contributed by atoms with E-state index >= 15 is 0 Å². The lowest BCUT2D eigenvalue weighted by molar-refractivity contribution is 0.0938. The molecular weight excluding hydrogens is 208 g/mol. The Morgan fingerprint density at radius 3 is 2.29 bits per heavy atom. The molecule has 100 valence electrons. The van der Waals surface area contributed by atoms with Gasteiger partial charge in [0.1, 0.15) is 0 Å². The van der Waals surface area contributed by atoms with E-state index in [1.54, 1.807) is 0 Å². The second-order valence-corrected chi connectivity index (χ2v) is 6.41. The lowest BCUT2D eigenvalue weighted by Crippen LogP contribution is -2.54. The molecule has 0 aliphatic heterocycles. The predicted molar refractivity (Wildman–Crippen MR) is 74.3 cm³/mol. The van der Waals surface area contributed by atoms with Gasteiger partial charge < -0.3 is 10.2 Å². The zero-order valence-corrected chi connectivity index (χ0v) is 12.0. The van der Waals surface area contributed by atoms with Gasteiger partial charge in [-0.25, -0.2) is 0 Å². The van der Waals surface area contributed by atoms with Crippen LogP contribution in [0.4, 0.5) is 0 Å². The van der Waals surface area contributed by atoms with Crippen LogP contribution in [0.2, 0.25) is 0 Å². The van der Waals surface area contributed by atoms with E-state index in [4.69, 9.17) is 0 Å². The molecule has 1 N–H and O–H groups in total. The monoisotopic (exact) mass is 238 g/mol. The van der Waals surface area contributed by atoms with E-state index in [2.05, 4.69) is 31.2 Å². The molecule has 2 rings (SSSR count). The molecule has 0 heterocycles. The standard InChI is InChI=1S/C15H30N2/c1-4-14(13-8-9-13)16-12-15(17(2)3)10-6-5-7-11-15/h13-14,16H,4-12H2,1-3H3. The second-order valence-electron chi connectivity index (χ2n) is 6.41. The zero-order valence-electron chi connectivity index (χ0n) is 12.0. The molecule has 0 aromatic heterocycles. The quantitative estimate of drug-likeness (QED) is 0.765. The third-order valence-corrected chi connectivity index (χ3v) is 5.06. The van der Waals surface area contributed by atoms with Gasteiger partial charge in [-0.3, -0.25) is 0 Å². The first-order chi connectivity index (χ1) is 8.18. The average Bonchev–Trinajstić information content (AvgIpc) is 3.15. The largest absolute Gasteiger partial charge is 0.312 e. The van der Waals surface area contributed by atoms with Crippen molar-refractivity contribution in [1.29, 1.82) is 0 Å². The van der Waals surface area contributed by atoms with Crippen LogP contribution in [0.25, 0.3) is 0 Å². The van der Waals surface area contributed by atoms with Crippen LogP contribution in [0.3, 0.4) is 0 Å². The van der Waals surface area contributed by atoms with Crippen molar-refractivity contribution in [3.05, 3.63) is 0 Å². The van der Waals surface area contributed by atoms with E-state index in [0.717, 1.165) is 12.0 Å². The highest BCUT2D eigenvalue weighted by molar-refractivity contribution is 4.95. The Hall–Kier alpha value is -0.0800. The first-order valence-corrected chi connectivity index (χ1v) is 7.59. The Bertz CT molecular complexity index is 227. The predicted octanol–water partition coefficient (Wildman–Crippen LogP) is 3.03. The minimum absolute atomic E-state index is 0.445. The Kier molecular flexibility index (Phi) is 4.48. The van der Waals surface area contributed by atoms with Gasteiger partial charge in [0.05, 0.1) is 0 Å². The van der Waals surface area contributed by atoms with Gasteiger partial charge in [-0.15, -0.1) is 0 Å². The third-order valence-electron chi connectivity index (χ3n) is 5.06. The van der Waals surface area contributed by atoms with Crippen LogP contribution in [-0.4, -0.2) is 37.1 Å². The first-order valence-electron chi connectivity index (χ1n) is 7.59. The SMILES string of the molecule is CCC(NCC1(N(C)C)CCCCC1)C1CC1. The van der Waals surface area contributed by atoms with Crippen LogP contribution >= 0.6 is 0 Å². The van der Waals surface area contributed by atoms with E-state index in [1.807, 2.05) is 0 Å². The smallest absolute Gasteiger partial charge is 0.0327 e. The van der Waals surface area contributed by atoms with Crippen LogP contribution in [0, 0.1) is 5.92 Å². The van der Waals surface area contributed by atoms with Crippen molar-refractivity contribution in [2.75, 3.05) is 20.6 Å². The van der Waals surface area contributed by atoms with E-state index in [1.165, 1.54) is 57.9 Å². The minimum Gasteiger partial charge on any atom is -0.312 e. The average molecular weight is 238 g/mol. The molecule has 2 heteroatoms. The van der Waals surface area contributed by atoms with Gasteiger partial charge in [0, 0.05) is 18.1 Å². The Balaban J connectivity index is 1.88. The number of hydrogen-bond acceptors (Lipinski definition) is 2. The molecule has 0 bridgehead atoms. The zero-order chi connectivity index (χ0) is 12.3. The van der Waals surface area contributed by atoms with E-state index in [9.17, 15) is 0 Å². The molecule has 1 unspecified atom stereocenters. The summed E-state index contributed by atoms with van der Waals surface area (Å²) in [6.07, 6.45) is 11.3. The van der Waals surface area contributed by atoms with Gasteiger partial charge in [-0.05, 0) is 52.1 Å². The highest BCUT2D eigenvalue weighted by Crippen LogP contribution is 2.35. The van der Waals surface area contributed by atoms with Crippen LogP contribution < -0.4 is 5.32 Å². The molecule has 2 saturated carbocycles. The van der Waals surface area contributed by atoms with Crippen molar-refractivity contribution in [3.63, 3.8) is 0 Å². The van der Waals surface area contributed by atoms with Gasteiger partial charge in [0.15, 0.2) is 0 Å². The Morgan fingerprint density at radius 1 is 1.18 bits per heavy atom. The fourth-order valence-electron chi connectivity index (χ4n) is 3.46. The molecule has 17 heavy (non-hydrogen) atoms. The second kappa shape index (κ2) is 5.71. The maximum atomic E-state index is 3.88. The summed E-state index contributed by atoms with van der Waals surface area (Å²) in [7, 11) is 4.54. The number of hydrogen-bond donors (Lipinski definition) is 1. The summed E-state index contributed by atoms with van der Waals surface area (Å²) in [5.41, 5.74) is 0.445. The summed E-state index contributed by atoms with van der Waals surface area (Å²) < 4.78 is 0. The van der Waals surface area contributed by atoms with Crippen molar-refractivity contribution >= 4 is 0 Å². The molecule has 0 aromatic carbocycles. The molecule has 1 atom stereocenters. The van der Waals surface area contributed by atoms with E-state index in [0.29, 0.717) is 5.54 Å². The molecule has 2 fully saturated rings. The maximum absolute atomic E-state index is 3.88. The summed E-state index contributed by atoms with van der Waals surface area (Å²) in [6, 6.07) is 0.786. The molecule has 0 saturated heterocycles. The Morgan fingerprint density at radius 2 is 1.82 bits per heavy atom. The highest BCUT2D eigenvalue weighted by Gasteiger charge is 2.36. The van der Waals surface area contributed by atoms with Crippen molar-refractivity contribution in [1.82, 2.24) is 10.2 Å². The van der Waals surface area contributed by atoms with Crippen molar-refractivity contribution in [2.45, 2.75) is 69.9 Å². The van der Waals surface area contributed by atoms with Crippen molar-refractivity contribution in [3.8, 4) is 0 Å². The maximum Gasteiger partial charge on any atom is 0.0327 e. The number of nitrogens with one attached hydrogen (secondary N) is 1. The highest BCUT2D eigenvalue weighted by atomic mass is 15.2. The normalized spacial score (nSPS) is 26.1. The molecule has 0 spiro atoms. The summed E-state index contributed by atoms with van der Waals surface area (Å²) in [4.78, 5) is 2.48. The minimum atomic E-state index is 0.445. The summed E-state index contributed by atoms with van der Waals surface area (Å²) in [5.74, 6) is 0.989. The van der Waals surface area contributed by atoms with Gasteiger partial charge in [0.2, 0.25) is 0 Å². The molecule has 2 nitrogen and oxygen atoms in total. The van der Waals surface area contributed by atoms with Crippen molar-refractivity contribution in [2.24, 2.45) is 5.92 Å². The molecular formula is C15H30N2. The topological polar surface area (TPSA) is 15.3 Å². The lowest BCUT2D eigenvalue weighted by atomic mass is 9.80. The van der Waals surface area contributed by atoms with Crippen LogP contribution in [-0.2, 0) is 0 Å². The molecule has 0 radical (unpaired) electrons. The fraction of sp³-hybridized carbons (Fsp3) is 1.00. The van der Waals surface area contributed by atoms with Gasteiger partial charge in [-0.2, -0.15) is 0 Å². The lowest BCUT2D eigenvalue weighted by Gasteiger charge is -2.44. The molecule has 0 aromatic rings. The summed E-state index contributed by atoms with van der Waals surface area (Å²) in [6.45, 7) is 3.54. The van der Waals surface area contributed by atoms with Gasteiger partial charge >= 0.3 is 0 Å². The fourth-order valence-corrected chi connectivity index (χ4v) is 3.46. The summed E-state index contributed by atoms with van der Waals surface area (Å²) in [5, 5.41) is 3.88. The third kappa shape index (κ3) is 3.23. The van der Waals surface area contributed by atoms with Crippen molar-refractivity contribution < 1.29 is 0 Å². The first kappa shape index (κ1) is 13.4. The van der Waals surface area contributed by atoms with Gasteiger partial charge in [0.25, 0.3) is 0 Å². The van der Waals surface area contributed by atoms with Gasteiger partial charge in [-0.1, -0.05) is 26.2 Å². The number of rotatable bonds is 6. The number of nitrogens with zero attached hydrogens (tertiary/aromatic N) is 1. The van der Waals surface area contributed by atoms with E-state index < -0.39 is 0 Å². The molecule has 2 aliphatic carbocycles. The number of likely N-dealkylation sites (N-methyl/N-ethyl adjacent to an activating group) is 1. The summed E-state index contributed by atoms with van der Waals surface area (Å²) >= 11 is 0. The van der Waals surface area contributed by atoms with Crippen LogP contribution in [0.15, 0.2) is 0 Å². The van der Waals surface area contributed by atoms with E-state index in [-0.39, 0.29) is 0 Å². The molecule has 0 amide bonds. The Labute approximate surface area is 107 Å². The van der Waals surface area contributed by atoms with Crippen LogP contribution in [0.1, 0.15) is 58.3 Å².